The van der Waals surface area contributed by atoms with Crippen molar-refractivity contribution in [3.8, 4) is 5.75 Å². The molecule has 4 N–H and O–H groups in total. The Kier molecular flexibility index (Phi) is 5.82. The predicted octanol–water partition coefficient (Wildman–Crippen LogP) is 0.118. The molecule has 0 atom stereocenters. The molecule has 0 aromatic heterocycles. The minimum absolute atomic E-state index is 0.243. The van der Waals surface area contributed by atoms with Gasteiger partial charge in [-0.15, -0.1) is 0 Å². The average Bonchev–Trinajstić information content (AvgIpc) is 2.34. The van der Waals surface area contributed by atoms with Crippen LogP contribution in [0.25, 0.3) is 0 Å². The molecule has 0 radical (unpaired) electrons. The molecular formula is C13H19N2O2+. The second-order valence-electron chi connectivity index (χ2n) is 3.55. The monoisotopic (exact) mass is 235 g/mol. The van der Waals surface area contributed by atoms with Crippen LogP contribution in [0.15, 0.2) is 36.5 Å². The van der Waals surface area contributed by atoms with Gasteiger partial charge in [-0.3, -0.25) is 0 Å². The summed E-state index contributed by atoms with van der Waals surface area (Å²) in [4.78, 5) is 3.14. The summed E-state index contributed by atoms with van der Waals surface area (Å²) in [7, 11) is 0. The summed E-state index contributed by atoms with van der Waals surface area (Å²) in [5.74, 6) is 0.243. The highest BCUT2D eigenvalue weighted by Gasteiger charge is 2.05. The fourth-order valence-electron chi connectivity index (χ4n) is 1.34. The summed E-state index contributed by atoms with van der Waals surface area (Å²) in [5.41, 5.74) is 7.21. The fourth-order valence-corrected chi connectivity index (χ4v) is 1.34. The van der Waals surface area contributed by atoms with Crippen LogP contribution in [-0.4, -0.2) is 24.2 Å². The van der Waals surface area contributed by atoms with E-state index in [9.17, 15) is 5.11 Å². The second-order valence-corrected chi connectivity index (χ2v) is 3.55. The summed E-state index contributed by atoms with van der Waals surface area (Å²) < 4.78 is 5.35. The molecule has 1 rings (SSSR count). The third-order valence-electron chi connectivity index (χ3n) is 2.15. The van der Waals surface area contributed by atoms with Gasteiger partial charge >= 0.3 is 0 Å². The largest absolute Gasteiger partial charge is 0.508 e. The highest BCUT2D eigenvalue weighted by Crippen LogP contribution is 2.09. The average molecular weight is 235 g/mol. The zero-order valence-corrected chi connectivity index (χ0v) is 10.0. The van der Waals surface area contributed by atoms with Crippen molar-refractivity contribution in [1.29, 1.82) is 0 Å². The van der Waals surface area contributed by atoms with Gasteiger partial charge in [0.15, 0.2) is 0 Å². The Bertz CT molecular complexity index is 383. The minimum Gasteiger partial charge on any atom is -0.508 e. The van der Waals surface area contributed by atoms with Crippen LogP contribution < -0.4 is 10.7 Å². The molecule has 4 nitrogen and oxygen atoms in total. The van der Waals surface area contributed by atoms with Crippen LogP contribution in [0.2, 0.25) is 0 Å². The van der Waals surface area contributed by atoms with Crippen molar-refractivity contribution in [2.45, 2.75) is 13.3 Å². The van der Waals surface area contributed by atoms with E-state index >= 15 is 0 Å². The van der Waals surface area contributed by atoms with Crippen LogP contribution >= 0.6 is 0 Å². The number of benzene rings is 1. The molecule has 92 valence electrons. The Labute approximate surface area is 101 Å². The highest BCUT2D eigenvalue weighted by molar-refractivity contribution is 6.04. The van der Waals surface area contributed by atoms with Crippen LogP contribution in [0.4, 0.5) is 0 Å². The van der Waals surface area contributed by atoms with Gasteiger partial charge in [0.1, 0.15) is 5.75 Å². The zero-order chi connectivity index (χ0) is 12.5. The maximum absolute atomic E-state index is 9.22. The molecular weight excluding hydrogens is 216 g/mol. The molecule has 1 aromatic carbocycles. The van der Waals surface area contributed by atoms with Crippen molar-refractivity contribution in [2.24, 2.45) is 5.73 Å². The van der Waals surface area contributed by atoms with Crippen molar-refractivity contribution in [3.63, 3.8) is 0 Å². The molecule has 0 aliphatic rings. The summed E-state index contributed by atoms with van der Waals surface area (Å²) in [5, 5.41) is 9.22. The van der Waals surface area contributed by atoms with Gasteiger partial charge in [0.2, 0.25) is 12.4 Å². The van der Waals surface area contributed by atoms with E-state index in [-0.39, 0.29) is 5.75 Å². The van der Waals surface area contributed by atoms with E-state index in [0.29, 0.717) is 6.73 Å². The van der Waals surface area contributed by atoms with Crippen molar-refractivity contribution >= 4 is 5.71 Å². The highest BCUT2D eigenvalue weighted by atomic mass is 16.5. The minimum atomic E-state index is 0.243. The molecule has 0 saturated heterocycles. The van der Waals surface area contributed by atoms with Gasteiger partial charge in [-0.1, -0.05) is 6.92 Å². The van der Waals surface area contributed by atoms with E-state index in [1.165, 1.54) is 6.20 Å². The van der Waals surface area contributed by atoms with E-state index in [1.54, 1.807) is 18.2 Å². The second kappa shape index (κ2) is 7.46. The van der Waals surface area contributed by atoms with E-state index in [1.807, 2.05) is 12.1 Å². The number of aromatic hydroxyl groups is 1. The van der Waals surface area contributed by atoms with Crippen molar-refractivity contribution in [1.82, 2.24) is 0 Å². The third kappa shape index (κ3) is 4.70. The summed E-state index contributed by atoms with van der Waals surface area (Å²) in [6.07, 6.45) is 4.22. The maximum Gasteiger partial charge on any atom is 0.246 e. The molecule has 0 saturated carbocycles. The first-order valence-electron chi connectivity index (χ1n) is 5.64. The van der Waals surface area contributed by atoms with E-state index < -0.39 is 0 Å². The Morgan fingerprint density at radius 3 is 2.71 bits per heavy atom. The standard InChI is InChI=1S/C13H18N2O2/c1-2-9-17-10-15-13(7-8-14)11-3-5-12(16)6-4-11/h3-8,16H,2,9-10,14H2,1H3/p+1. The number of hydrogen-bond acceptors (Lipinski definition) is 3. The molecule has 0 amide bonds. The number of phenols is 1. The lowest BCUT2D eigenvalue weighted by molar-refractivity contribution is -0.507. The molecule has 0 heterocycles. The summed E-state index contributed by atoms with van der Waals surface area (Å²) >= 11 is 0. The van der Waals surface area contributed by atoms with Gasteiger partial charge < -0.3 is 15.6 Å². The Hall–Kier alpha value is -1.81. The molecule has 0 unspecified atom stereocenters. The van der Waals surface area contributed by atoms with Crippen LogP contribution in [0.5, 0.6) is 5.75 Å². The third-order valence-corrected chi connectivity index (χ3v) is 2.15. The van der Waals surface area contributed by atoms with Crippen LogP contribution in [-0.2, 0) is 4.74 Å². The van der Waals surface area contributed by atoms with E-state index in [2.05, 4.69) is 11.9 Å². The lowest BCUT2D eigenvalue weighted by atomic mass is 10.1. The molecule has 17 heavy (non-hydrogen) atoms. The van der Waals surface area contributed by atoms with Crippen molar-refractivity contribution in [2.75, 3.05) is 13.3 Å². The quantitative estimate of drug-likeness (QED) is 0.372. The van der Waals surface area contributed by atoms with Crippen LogP contribution in [0.3, 0.4) is 0 Å². The first-order valence-corrected chi connectivity index (χ1v) is 5.64. The van der Waals surface area contributed by atoms with Crippen molar-refractivity contribution in [3.05, 3.63) is 42.1 Å². The number of phenolic OH excluding ortho intramolecular Hbond substituents is 1. The normalized spacial score (nSPS) is 12.2. The summed E-state index contributed by atoms with van der Waals surface area (Å²) in [6.45, 7) is 3.22. The maximum atomic E-state index is 9.22. The van der Waals surface area contributed by atoms with Gasteiger partial charge in [-0.2, -0.15) is 0 Å². The van der Waals surface area contributed by atoms with Crippen molar-refractivity contribution < 1.29 is 14.8 Å². The van der Waals surface area contributed by atoms with Gasteiger partial charge in [0.05, 0.1) is 6.61 Å². The topological polar surface area (TPSA) is 69.5 Å². The number of ether oxygens (including phenoxy) is 1. The van der Waals surface area contributed by atoms with Crippen LogP contribution in [0.1, 0.15) is 18.9 Å². The number of nitrogens with two attached hydrogens (primary N) is 1. The van der Waals surface area contributed by atoms with E-state index in [0.717, 1.165) is 24.3 Å². The molecule has 0 aliphatic heterocycles. The SMILES string of the molecule is CCCOC[NH+]=C(C=CN)c1ccc(O)cc1. The molecule has 0 bridgehead atoms. The van der Waals surface area contributed by atoms with Gasteiger partial charge in [0, 0.05) is 17.8 Å². The first kappa shape index (κ1) is 13.3. The zero-order valence-electron chi connectivity index (χ0n) is 10.0. The van der Waals surface area contributed by atoms with Crippen LogP contribution in [0, 0.1) is 0 Å². The number of hydrogen-bond donors (Lipinski definition) is 3. The molecule has 0 fully saturated rings. The number of rotatable bonds is 6. The van der Waals surface area contributed by atoms with E-state index in [4.69, 9.17) is 10.5 Å². The van der Waals surface area contributed by atoms with Gasteiger partial charge in [-0.05, 0) is 30.7 Å². The molecule has 1 aromatic rings. The van der Waals surface area contributed by atoms with Gasteiger partial charge in [-0.25, -0.2) is 4.99 Å². The Morgan fingerprint density at radius 1 is 1.41 bits per heavy atom. The number of nitrogens with one attached hydrogen (secondary N) is 1. The molecule has 0 spiro atoms. The smallest absolute Gasteiger partial charge is 0.246 e. The number of allylic oxidation sites excluding steroid dienone is 1. The molecule has 4 heteroatoms. The predicted molar refractivity (Wildman–Crippen MR) is 67.6 cm³/mol. The summed E-state index contributed by atoms with van der Waals surface area (Å²) in [6, 6.07) is 6.90. The van der Waals surface area contributed by atoms with Gasteiger partial charge in [0.25, 0.3) is 0 Å². The lowest BCUT2D eigenvalue weighted by Crippen LogP contribution is -2.73. The fraction of sp³-hybridized carbons (Fsp3) is 0.308. The Balaban J connectivity index is 2.74. The first-order chi connectivity index (χ1) is 8.27. The molecule has 0 aliphatic carbocycles. The lowest BCUT2D eigenvalue weighted by Gasteiger charge is -1.98. The Morgan fingerprint density at radius 2 is 2.12 bits per heavy atom.